The van der Waals surface area contributed by atoms with Gasteiger partial charge in [0.05, 0.1) is 10.2 Å². The number of ether oxygens (including phenoxy) is 1. The average molecular weight is 219 g/mol. The van der Waals surface area contributed by atoms with Gasteiger partial charge in [-0.05, 0) is 31.9 Å². The fourth-order valence-corrected chi connectivity index (χ4v) is 3.14. The van der Waals surface area contributed by atoms with E-state index in [1.807, 2.05) is 6.07 Å². The Morgan fingerprint density at radius 1 is 1.40 bits per heavy atom. The van der Waals surface area contributed by atoms with Crippen LogP contribution in [-0.4, -0.2) is 11.6 Å². The van der Waals surface area contributed by atoms with Crippen LogP contribution in [0.3, 0.4) is 0 Å². The molecular weight excluding hydrogens is 206 g/mol. The molecule has 0 amide bonds. The van der Waals surface area contributed by atoms with E-state index in [-0.39, 0.29) is 5.60 Å². The molecule has 0 spiro atoms. The van der Waals surface area contributed by atoms with Crippen molar-refractivity contribution in [1.29, 1.82) is 0 Å². The lowest BCUT2D eigenvalue weighted by Gasteiger charge is -2.19. The van der Waals surface area contributed by atoms with E-state index in [0.717, 1.165) is 30.0 Å². The zero-order valence-electron chi connectivity index (χ0n) is 8.69. The van der Waals surface area contributed by atoms with E-state index in [1.54, 1.807) is 11.3 Å². The first-order chi connectivity index (χ1) is 7.28. The van der Waals surface area contributed by atoms with Gasteiger partial charge in [0.1, 0.15) is 10.6 Å². The average Bonchev–Trinajstić information content (AvgIpc) is 2.84. The highest BCUT2D eigenvalue weighted by Gasteiger charge is 2.34. The van der Waals surface area contributed by atoms with Crippen LogP contribution in [0.25, 0.3) is 10.2 Å². The van der Waals surface area contributed by atoms with E-state index in [9.17, 15) is 0 Å². The highest BCUT2D eigenvalue weighted by atomic mass is 32.1. The molecule has 1 unspecified atom stereocenters. The van der Waals surface area contributed by atoms with E-state index in [0.29, 0.717) is 0 Å². The monoisotopic (exact) mass is 219 g/mol. The molecule has 0 bridgehead atoms. The smallest absolute Gasteiger partial charge is 0.126 e. The lowest BCUT2D eigenvalue weighted by atomic mass is 10.0. The molecule has 1 fully saturated rings. The summed E-state index contributed by atoms with van der Waals surface area (Å²) in [7, 11) is 0. The molecule has 0 N–H and O–H groups in total. The van der Waals surface area contributed by atoms with Gasteiger partial charge in [-0.25, -0.2) is 4.98 Å². The molecular formula is C12H13NOS. The highest BCUT2D eigenvalue weighted by Crippen LogP contribution is 2.39. The fraction of sp³-hybridized carbons (Fsp3) is 0.417. The van der Waals surface area contributed by atoms with Gasteiger partial charge in [-0.15, -0.1) is 11.3 Å². The molecule has 2 aromatic rings. The van der Waals surface area contributed by atoms with E-state index >= 15 is 0 Å². The molecule has 1 aromatic heterocycles. The van der Waals surface area contributed by atoms with E-state index < -0.39 is 0 Å². The molecule has 0 radical (unpaired) electrons. The number of fused-ring (bicyclic) bond motifs is 1. The minimum atomic E-state index is -0.135. The van der Waals surface area contributed by atoms with Crippen LogP contribution >= 0.6 is 11.3 Å². The highest BCUT2D eigenvalue weighted by molar-refractivity contribution is 7.18. The zero-order valence-corrected chi connectivity index (χ0v) is 9.51. The summed E-state index contributed by atoms with van der Waals surface area (Å²) in [4.78, 5) is 4.66. The summed E-state index contributed by atoms with van der Waals surface area (Å²) in [6, 6.07) is 8.27. The lowest BCUT2D eigenvalue weighted by molar-refractivity contribution is 0.0168. The van der Waals surface area contributed by atoms with Gasteiger partial charge in [0.25, 0.3) is 0 Å². The van der Waals surface area contributed by atoms with Crippen LogP contribution in [0, 0.1) is 0 Å². The van der Waals surface area contributed by atoms with Gasteiger partial charge in [0, 0.05) is 6.61 Å². The lowest BCUT2D eigenvalue weighted by Crippen LogP contribution is -2.19. The molecule has 1 aliphatic heterocycles. The Morgan fingerprint density at radius 2 is 2.27 bits per heavy atom. The Morgan fingerprint density at radius 3 is 3.00 bits per heavy atom. The molecule has 78 valence electrons. The van der Waals surface area contributed by atoms with Crippen molar-refractivity contribution in [3.05, 3.63) is 29.3 Å². The molecule has 0 aliphatic carbocycles. The van der Waals surface area contributed by atoms with Crippen molar-refractivity contribution in [1.82, 2.24) is 4.98 Å². The maximum atomic E-state index is 5.80. The molecule has 3 heteroatoms. The summed E-state index contributed by atoms with van der Waals surface area (Å²) in [6.45, 7) is 3.02. The van der Waals surface area contributed by atoms with Gasteiger partial charge >= 0.3 is 0 Å². The van der Waals surface area contributed by atoms with E-state index in [1.165, 1.54) is 4.70 Å². The van der Waals surface area contributed by atoms with Crippen LogP contribution in [0.4, 0.5) is 0 Å². The van der Waals surface area contributed by atoms with Crippen molar-refractivity contribution in [3.8, 4) is 0 Å². The number of nitrogens with zero attached hydrogens (tertiary/aromatic N) is 1. The number of benzene rings is 1. The van der Waals surface area contributed by atoms with Crippen molar-refractivity contribution in [2.45, 2.75) is 25.4 Å². The van der Waals surface area contributed by atoms with E-state index in [4.69, 9.17) is 4.74 Å². The molecule has 1 aliphatic rings. The Kier molecular flexibility index (Phi) is 2.04. The molecule has 1 saturated heterocycles. The number of aromatic nitrogens is 1. The topological polar surface area (TPSA) is 22.1 Å². The molecule has 1 atom stereocenters. The minimum Gasteiger partial charge on any atom is -0.368 e. The van der Waals surface area contributed by atoms with Gasteiger partial charge < -0.3 is 4.74 Å². The summed E-state index contributed by atoms with van der Waals surface area (Å²) in [5.74, 6) is 0. The van der Waals surface area contributed by atoms with Gasteiger partial charge in [0.15, 0.2) is 0 Å². The maximum Gasteiger partial charge on any atom is 0.126 e. The standard InChI is InChI=1S/C12H13NOS/c1-12(7-4-8-14-12)11-13-9-5-2-3-6-10(9)15-11/h2-3,5-6H,4,7-8H2,1H3. The van der Waals surface area contributed by atoms with Crippen molar-refractivity contribution in [2.75, 3.05) is 6.61 Å². The van der Waals surface area contributed by atoms with Crippen LogP contribution in [0.5, 0.6) is 0 Å². The third-order valence-corrected chi connectivity index (χ3v) is 4.25. The first-order valence-electron chi connectivity index (χ1n) is 5.28. The van der Waals surface area contributed by atoms with Gasteiger partial charge in [-0.3, -0.25) is 0 Å². The zero-order chi connectivity index (χ0) is 10.3. The first-order valence-corrected chi connectivity index (χ1v) is 6.10. The van der Waals surface area contributed by atoms with Crippen molar-refractivity contribution >= 4 is 21.6 Å². The van der Waals surface area contributed by atoms with Crippen molar-refractivity contribution in [3.63, 3.8) is 0 Å². The predicted octanol–water partition coefficient (Wildman–Crippen LogP) is 3.32. The third-order valence-electron chi connectivity index (χ3n) is 2.97. The molecule has 15 heavy (non-hydrogen) atoms. The quantitative estimate of drug-likeness (QED) is 0.734. The van der Waals surface area contributed by atoms with Crippen molar-refractivity contribution < 1.29 is 4.74 Å². The summed E-state index contributed by atoms with van der Waals surface area (Å²) >= 11 is 1.76. The minimum absolute atomic E-state index is 0.135. The fourth-order valence-electron chi connectivity index (χ4n) is 2.05. The summed E-state index contributed by atoms with van der Waals surface area (Å²) in [6.07, 6.45) is 2.24. The maximum absolute atomic E-state index is 5.80. The number of para-hydroxylation sites is 1. The third kappa shape index (κ3) is 1.46. The largest absolute Gasteiger partial charge is 0.368 e. The number of rotatable bonds is 1. The number of thiazole rings is 1. The molecule has 0 saturated carbocycles. The molecule has 2 heterocycles. The summed E-state index contributed by atoms with van der Waals surface area (Å²) in [5, 5.41) is 1.13. The normalized spacial score (nSPS) is 26.2. The predicted molar refractivity (Wildman–Crippen MR) is 62.2 cm³/mol. The SMILES string of the molecule is CC1(c2nc3ccccc3s2)CCCO1. The molecule has 1 aromatic carbocycles. The Labute approximate surface area is 92.9 Å². The summed E-state index contributed by atoms with van der Waals surface area (Å²) < 4.78 is 7.06. The Balaban J connectivity index is 2.11. The molecule has 3 rings (SSSR count). The van der Waals surface area contributed by atoms with Crippen LogP contribution in [-0.2, 0) is 10.3 Å². The van der Waals surface area contributed by atoms with Crippen LogP contribution in [0.15, 0.2) is 24.3 Å². The van der Waals surface area contributed by atoms with Crippen LogP contribution < -0.4 is 0 Å². The second-order valence-electron chi connectivity index (χ2n) is 4.17. The Hall–Kier alpha value is -0.930. The number of hydrogen-bond acceptors (Lipinski definition) is 3. The van der Waals surface area contributed by atoms with Crippen LogP contribution in [0.2, 0.25) is 0 Å². The molecule has 2 nitrogen and oxygen atoms in total. The van der Waals surface area contributed by atoms with E-state index in [2.05, 4.69) is 30.1 Å². The van der Waals surface area contributed by atoms with Crippen molar-refractivity contribution in [2.24, 2.45) is 0 Å². The first kappa shape index (κ1) is 9.31. The van der Waals surface area contributed by atoms with Gasteiger partial charge in [-0.2, -0.15) is 0 Å². The van der Waals surface area contributed by atoms with Gasteiger partial charge in [-0.1, -0.05) is 12.1 Å². The number of hydrogen-bond donors (Lipinski definition) is 0. The Bertz CT molecular complexity index is 452. The van der Waals surface area contributed by atoms with Gasteiger partial charge in [0.2, 0.25) is 0 Å². The summed E-state index contributed by atoms with van der Waals surface area (Å²) in [5.41, 5.74) is 0.957. The second-order valence-corrected chi connectivity index (χ2v) is 5.20. The van der Waals surface area contributed by atoms with Crippen LogP contribution in [0.1, 0.15) is 24.8 Å². The second kappa shape index (κ2) is 3.29.